The molecule has 0 saturated carbocycles. The van der Waals surface area contributed by atoms with Gasteiger partial charge in [0, 0.05) is 24.8 Å². The van der Waals surface area contributed by atoms with Crippen molar-refractivity contribution >= 4 is 5.69 Å². The van der Waals surface area contributed by atoms with Crippen molar-refractivity contribution in [2.24, 2.45) is 5.73 Å². The molecule has 1 atom stereocenters. The summed E-state index contributed by atoms with van der Waals surface area (Å²) in [4.78, 5) is 2.42. The molecule has 112 valence electrons. The van der Waals surface area contributed by atoms with Crippen LogP contribution in [-0.4, -0.2) is 12.6 Å². The molecule has 2 N–H and O–H groups in total. The molecule has 0 spiro atoms. The second-order valence-electron chi connectivity index (χ2n) is 5.81. The zero-order valence-electron chi connectivity index (χ0n) is 13.3. The van der Waals surface area contributed by atoms with E-state index in [-0.39, 0.29) is 6.04 Å². The molecule has 0 radical (unpaired) electrons. The molecule has 2 heteroatoms. The third-order valence-electron chi connectivity index (χ3n) is 3.72. The molecule has 0 heterocycles. The first-order chi connectivity index (χ1) is 10.1. The Hall–Kier alpha value is -1.80. The summed E-state index contributed by atoms with van der Waals surface area (Å²) < 4.78 is 0. The van der Waals surface area contributed by atoms with Gasteiger partial charge in [-0.3, -0.25) is 0 Å². The fourth-order valence-corrected chi connectivity index (χ4v) is 2.70. The van der Waals surface area contributed by atoms with Crippen molar-refractivity contribution in [3.63, 3.8) is 0 Å². The van der Waals surface area contributed by atoms with Crippen molar-refractivity contribution in [3.05, 3.63) is 65.2 Å². The number of benzene rings is 2. The SMILES string of the molecule is CCN(Cc1ccccc1)c1ccc(C)cc1CC(C)N. The monoisotopic (exact) mass is 282 g/mol. The Labute approximate surface area is 128 Å². The third-order valence-corrected chi connectivity index (χ3v) is 3.72. The van der Waals surface area contributed by atoms with Gasteiger partial charge in [0.15, 0.2) is 0 Å². The fraction of sp³-hybridized carbons (Fsp3) is 0.368. The van der Waals surface area contributed by atoms with E-state index in [4.69, 9.17) is 5.73 Å². The van der Waals surface area contributed by atoms with Crippen LogP contribution in [0.2, 0.25) is 0 Å². The standard InChI is InChI=1S/C19H26N2/c1-4-21(14-17-8-6-5-7-9-17)19-11-10-15(2)12-18(19)13-16(3)20/h5-12,16H,4,13-14,20H2,1-3H3. The lowest BCUT2D eigenvalue weighted by molar-refractivity contribution is 0.729. The molecule has 0 aliphatic carbocycles. The van der Waals surface area contributed by atoms with Gasteiger partial charge in [-0.2, -0.15) is 0 Å². The second-order valence-corrected chi connectivity index (χ2v) is 5.81. The quantitative estimate of drug-likeness (QED) is 0.870. The molecule has 0 bridgehead atoms. The maximum atomic E-state index is 6.02. The van der Waals surface area contributed by atoms with E-state index in [1.807, 2.05) is 0 Å². The molecule has 0 saturated heterocycles. The van der Waals surface area contributed by atoms with E-state index in [2.05, 4.69) is 74.2 Å². The Morgan fingerprint density at radius 3 is 2.43 bits per heavy atom. The summed E-state index contributed by atoms with van der Waals surface area (Å²) in [7, 11) is 0. The van der Waals surface area contributed by atoms with Crippen LogP contribution < -0.4 is 10.6 Å². The van der Waals surface area contributed by atoms with E-state index in [1.165, 1.54) is 22.4 Å². The van der Waals surface area contributed by atoms with Crippen LogP contribution >= 0.6 is 0 Å². The van der Waals surface area contributed by atoms with E-state index < -0.39 is 0 Å². The number of rotatable bonds is 6. The highest BCUT2D eigenvalue weighted by Gasteiger charge is 2.12. The van der Waals surface area contributed by atoms with Crippen LogP contribution in [0.4, 0.5) is 5.69 Å². The molecule has 2 aromatic carbocycles. The van der Waals surface area contributed by atoms with Crippen LogP contribution in [0.15, 0.2) is 48.5 Å². The molecule has 0 aliphatic rings. The van der Waals surface area contributed by atoms with Crippen LogP contribution in [0.3, 0.4) is 0 Å². The highest BCUT2D eigenvalue weighted by atomic mass is 15.1. The minimum atomic E-state index is 0.181. The number of anilines is 1. The lowest BCUT2D eigenvalue weighted by Gasteiger charge is -2.27. The number of nitrogens with zero attached hydrogens (tertiary/aromatic N) is 1. The average molecular weight is 282 g/mol. The van der Waals surface area contributed by atoms with Gasteiger partial charge >= 0.3 is 0 Å². The van der Waals surface area contributed by atoms with Gasteiger partial charge in [0.25, 0.3) is 0 Å². The van der Waals surface area contributed by atoms with Gasteiger partial charge < -0.3 is 10.6 Å². The third kappa shape index (κ3) is 4.33. The first-order valence-corrected chi connectivity index (χ1v) is 7.74. The lowest BCUT2D eigenvalue weighted by Crippen LogP contribution is -2.25. The van der Waals surface area contributed by atoms with E-state index in [0.717, 1.165) is 19.5 Å². The molecule has 0 fully saturated rings. The molecule has 1 unspecified atom stereocenters. The number of hydrogen-bond donors (Lipinski definition) is 1. The van der Waals surface area contributed by atoms with Crippen molar-refractivity contribution in [2.45, 2.75) is 39.8 Å². The summed E-state index contributed by atoms with van der Waals surface area (Å²) in [5.41, 5.74) is 11.3. The molecule has 21 heavy (non-hydrogen) atoms. The van der Waals surface area contributed by atoms with Gasteiger partial charge in [-0.15, -0.1) is 0 Å². The highest BCUT2D eigenvalue weighted by molar-refractivity contribution is 5.55. The normalized spacial score (nSPS) is 12.2. The topological polar surface area (TPSA) is 29.3 Å². The van der Waals surface area contributed by atoms with Crippen LogP contribution in [0.5, 0.6) is 0 Å². The fourth-order valence-electron chi connectivity index (χ4n) is 2.70. The van der Waals surface area contributed by atoms with Gasteiger partial charge in [0.2, 0.25) is 0 Å². The Kier molecular flexibility index (Phi) is 5.40. The van der Waals surface area contributed by atoms with E-state index >= 15 is 0 Å². The molecule has 0 aromatic heterocycles. The van der Waals surface area contributed by atoms with E-state index in [0.29, 0.717) is 0 Å². The molecule has 0 amide bonds. The highest BCUT2D eigenvalue weighted by Crippen LogP contribution is 2.25. The number of hydrogen-bond acceptors (Lipinski definition) is 2. The smallest absolute Gasteiger partial charge is 0.0429 e. The van der Waals surface area contributed by atoms with E-state index in [1.54, 1.807) is 0 Å². The van der Waals surface area contributed by atoms with Crippen LogP contribution in [0.25, 0.3) is 0 Å². The lowest BCUT2D eigenvalue weighted by atomic mass is 10.0. The van der Waals surface area contributed by atoms with Gasteiger partial charge in [0.05, 0.1) is 0 Å². The van der Waals surface area contributed by atoms with E-state index in [9.17, 15) is 0 Å². The minimum absolute atomic E-state index is 0.181. The van der Waals surface area contributed by atoms with Crippen LogP contribution in [0.1, 0.15) is 30.5 Å². The zero-order chi connectivity index (χ0) is 15.2. The van der Waals surface area contributed by atoms with Crippen molar-refractivity contribution in [1.82, 2.24) is 0 Å². The summed E-state index contributed by atoms with van der Waals surface area (Å²) in [6, 6.07) is 17.5. The minimum Gasteiger partial charge on any atom is -0.367 e. The van der Waals surface area contributed by atoms with Gasteiger partial charge in [-0.05, 0) is 44.4 Å². The maximum absolute atomic E-state index is 6.02. The summed E-state index contributed by atoms with van der Waals surface area (Å²) in [6.07, 6.45) is 0.919. The largest absolute Gasteiger partial charge is 0.367 e. The predicted molar refractivity (Wildman–Crippen MR) is 91.7 cm³/mol. The molecule has 2 rings (SSSR count). The Morgan fingerprint density at radius 2 is 1.81 bits per heavy atom. The summed E-state index contributed by atoms with van der Waals surface area (Å²) >= 11 is 0. The molecule has 2 nitrogen and oxygen atoms in total. The van der Waals surface area contributed by atoms with Crippen molar-refractivity contribution in [3.8, 4) is 0 Å². The van der Waals surface area contributed by atoms with Crippen molar-refractivity contribution in [2.75, 3.05) is 11.4 Å². The maximum Gasteiger partial charge on any atom is 0.0429 e. The van der Waals surface area contributed by atoms with Crippen molar-refractivity contribution in [1.29, 1.82) is 0 Å². The van der Waals surface area contributed by atoms with Gasteiger partial charge in [-0.25, -0.2) is 0 Å². The van der Waals surface area contributed by atoms with Crippen LogP contribution in [-0.2, 0) is 13.0 Å². The Balaban J connectivity index is 2.28. The first kappa shape index (κ1) is 15.6. The van der Waals surface area contributed by atoms with Crippen molar-refractivity contribution < 1.29 is 0 Å². The Morgan fingerprint density at radius 1 is 1.10 bits per heavy atom. The number of aryl methyl sites for hydroxylation is 1. The summed E-state index contributed by atoms with van der Waals surface area (Å²) in [6.45, 7) is 8.34. The zero-order valence-corrected chi connectivity index (χ0v) is 13.3. The molecular formula is C19H26N2. The molecule has 0 aliphatic heterocycles. The predicted octanol–water partition coefficient (Wildman–Crippen LogP) is 3.91. The molecule has 2 aromatic rings. The van der Waals surface area contributed by atoms with Crippen LogP contribution in [0, 0.1) is 6.92 Å². The summed E-state index contributed by atoms with van der Waals surface area (Å²) in [5, 5.41) is 0. The first-order valence-electron chi connectivity index (χ1n) is 7.74. The second kappa shape index (κ2) is 7.28. The number of nitrogens with two attached hydrogens (primary N) is 1. The summed E-state index contributed by atoms with van der Waals surface area (Å²) in [5.74, 6) is 0. The molecular weight excluding hydrogens is 256 g/mol. The Bertz CT molecular complexity index is 561. The van der Waals surface area contributed by atoms with Gasteiger partial charge in [0.1, 0.15) is 0 Å². The van der Waals surface area contributed by atoms with Gasteiger partial charge in [-0.1, -0.05) is 48.0 Å². The average Bonchev–Trinajstić information content (AvgIpc) is 2.46.